The lowest BCUT2D eigenvalue weighted by Crippen LogP contribution is -2.28. The maximum absolute atomic E-state index is 12.5. The lowest BCUT2D eigenvalue weighted by molar-refractivity contribution is -0.151. The van der Waals surface area contributed by atoms with Crippen LogP contribution in [0.15, 0.2) is 36.4 Å². The fourth-order valence-electron chi connectivity index (χ4n) is 3.55. The van der Waals surface area contributed by atoms with Gasteiger partial charge in [0.25, 0.3) is 5.91 Å². The summed E-state index contributed by atoms with van der Waals surface area (Å²) in [5.41, 5.74) is 4.18. The van der Waals surface area contributed by atoms with E-state index in [1.165, 1.54) is 12.0 Å². The van der Waals surface area contributed by atoms with Gasteiger partial charge in [-0.1, -0.05) is 24.3 Å². The summed E-state index contributed by atoms with van der Waals surface area (Å²) in [6.45, 7) is 5.50. The summed E-state index contributed by atoms with van der Waals surface area (Å²) >= 11 is 0. The SMILES string of the molecule is COc1ccc(C)cc1N1C[C@@H](C(=O)OCC(=O)Nc2c(C)cccc2C)CC1=O. The van der Waals surface area contributed by atoms with Gasteiger partial charge in [0.05, 0.1) is 18.7 Å². The molecule has 1 saturated heterocycles. The Kier molecular flexibility index (Phi) is 6.40. The molecule has 1 atom stereocenters. The molecule has 1 heterocycles. The van der Waals surface area contributed by atoms with Crippen molar-refractivity contribution in [2.75, 3.05) is 30.5 Å². The van der Waals surface area contributed by atoms with E-state index in [0.717, 1.165) is 16.7 Å². The second-order valence-corrected chi connectivity index (χ2v) is 7.50. The Hall–Kier alpha value is -3.35. The number of methoxy groups -OCH3 is 1. The first-order valence-electron chi connectivity index (χ1n) is 9.78. The topological polar surface area (TPSA) is 84.9 Å². The number of hydrogen-bond donors (Lipinski definition) is 1. The molecule has 0 aromatic heterocycles. The van der Waals surface area contributed by atoms with Crippen molar-refractivity contribution in [3.05, 3.63) is 53.1 Å². The minimum Gasteiger partial charge on any atom is -0.495 e. The molecule has 158 valence electrons. The van der Waals surface area contributed by atoms with Crippen molar-refractivity contribution in [3.8, 4) is 5.75 Å². The molecular weight excluding hydrogens is 384 g/mol. The van der Waals surface area contributed by atoms with E-state index in [0.29, 0.717) is 17.1 Å². The molecule has 0 spiro atoms. The number of nitrogens with one attached hydrogen (secondary N) is 1. The monoisotopic (exact) mass is 410 g/mol. The van der Waals surface area contributed by atoms with Crippen LogP contribution in [0.3, 0.4) is 0 Å². The van der Waals surface area contributed by atoms with Gasteiger partial charge in [-0.2, -0.15) is 0 Å². The van der Waals surface area contributed by atoms with Gasteiger partial charge in [-0.05, 0) is 49.6 Å². The van der Waals surface area contributed by atoms with E-state index in [2.05, 4.69) is 5.32 Å². The number of hydrogen-bond acceptors (Lipinski definition) is 5. The third-order valence-corrected chi connectivity index (χ3v) is 5.17. The van der Waals surface area contributed by atoms with Crippen molar-refractivity contribution >= 4 is 29.2 Å². The summed E-state index contributed by atoms with van der Waals surface area (Å²) in [7, 11) is 1.54. The largest absolute Gasteiger partial charge is 0.495 e. The Morgan fingerprint density at radius 3 is 2.50 bits per heavy atom. The van der Waals surface area contributed by atoms with Crippen LogP contribution >= 0.6 is 0 Å². The molecule has 1 aliphatic heterocycles. The van der Waals surface area contributed by atoms with Gasteiger partial charge in [0.2, 0.25) is 5.91 Å². The van der Waals surface area contributed by atoms with Gasteiger partial charge in [0, 0.05) is 18.7 Å². The zero-order valence-corrected chi connectivity index (χ0v) is 17.7. The van der Waals surface area contributed by atoms with Crippen LogP contribution in [-0.2, 0) is 19.1 Å². The molecule has 2 aromatic carbocycles. The summed E-state index contributed by atoms with van der Waals surface area (Å²) in [4.78, 5) is 38.7. The van der Waals surface area contributed by atoms with Crippen molar-refractivity contribution in [3.63, 3.8) is 0 Å². The molecule has 0 saturated carbocycles. The van der Waals surface area contributed by atoms with E-state index < -0.39 is 24.4 Å². The van der Waals surface area contributed by atoms with Crippen LogP contribution in [0.25, 0.3) is 0 Å². The number of carbonyl (C=O) groups is 3. The number of anilines is 2. The van der Waals surface area contributed by atoms with Crippen LogP contribution in [-0.4, -0.2) is 38.0 Å². The molecule has 0 radical (unpaired) electrons. The third-order valence-electron chi connectivity index (χ3n) is 5.17. The van der Waals surface area contributed by atoms with Crippen LogP contribution < -0.4 is 15.0 Å². The van der Waals surface area contributed by atoms with Crippen LogP contribution in [0.5, 0.6) is 5.75 Å². The molecule has 0 aliphatic carbocycles. The quantitative estimate of drug-likeness (QED) is 0.740. The normalized spacial score (nSPS) is 15.8. The van der Waals surface area contributed by atoms with Gasteiger partial charge in [0.15, 0.2) is 6.61 Å². The maximum Gasteiger partial charge on any atom is 0.311 e. The van der Waals surface area contributed by atoms with Crippen LogP contribution in [0, 0.1) is 26.7 Å². The van der Waals surface area contributed by atoms with Crippen molar-refractivity contribution in [2.45, 2.75) is 27.2 Å². The minimum atomic E-state index is -0.629. The number of aryl methyl sites for hydroxylation is 3. The van der Waals surface area contributed by atoms with E-state index in [1.807, 2.05) is 51.1 Å². The predicted octanol–water partition coefficient (Wildman–Crippen LogP) is 3.16. The first kappa shape index (κ1) is 21.4. The number of ether oxygens (including phenoxy) is 2. The number of carbonyl (C=O) groups excluding carboxylic acids is 3. The number of benzene rings is 2. The molecule has 2 aromatic rings. The average Bonchev–Trinajstić information content (AvgIpc) is 3.10. The fourth-order valence-corrected chi connectivity index (χ4v) is 3.55. The molecule has 3 rings (SSSR count). The Balaban J connectivity index is 1.60. The van der Waals surface area contributed by atoms with Crippen molar-refractivity contribution in [2.24, 2.45) is 5.92 Å². The molecule has 30 heavy (non-hydrogen) atoms. The molecule has 7 nitrogen and oxygen atoms in total. The molecule has 7 heteroatoms. The number of para-hydroxylation sites is 1. The average molecular weight is 410 g/mol. The minimum absolute atomic E-state index is 0.0362. The third kappa shape index (κ3) is 4.62. The lowest BCUT2D eigenvalue weighted by Gasteiger charge is -2.20. The van der Waals surface area contributed by atoms with Gasteiger partial charge in [0.1, 0.15) is 5.75 Å². The highest BCUT2D eigenvalue weighted by Crippen LogP contribution is 2.34. The van der Waals surface area contributed by atoms with Crippen molar-refractivity contribution in [1.29, 1.82) is 0 Å². The molecule has 2 amide bonds. The summed E-state index contributed by atoms with van der Waals surface area (Å²) in [5, 5.41) is 2.78. The molecule has 1 N–H and O–H groups in total. The predicted molar refractivity (Wildman–Crippen MR) is 114 cm³/mol. The van der Waals surface area contributed by atoms with Gasteiger partial charge in [-0.15, -0.1) is 0 Å². The first-order valence-corrected chi connectivity index (χ1v) is 9.78. The van der Waals surface area contributed by atoms with Gasteiger partial charge in [-0.3, -0.25) is 14.4 Å². The molecule has 1 aliphatic rings. The highest BCUT2D eigenvalue weighted by molar-refractivity contribution is 6.01. The second kappa shape index (κ2) is 8.98. The van der Waals surface area contributed by atoms with E-state index in [4.69, 9.17) is 9.47 Å². The zero-order chi connectivity index (χ0) is 21.8. The standard InChI is InChI=1S/C23H26N2O5/c1-14-8-9-19(29-4)18(10-14)25-12-17(11-21(25)27)23(28)30-13-20(26)24-22-15(2)6-5-7-16(22)3/h5-10,17H,11-13H2,1-4H3,(H,24,26)/t17-/m0/s1. The summed E-state index contributed by atoms with van der Waals surface area (Å²) in [6, 6.07) is 11.2. The van der Waals surface area contributed by atoms with Crippen LogP contribution in [0.4, 0.5) is 11.4 Å². The van der Waals surface area contributed by atoms with E-state index >= 15 is 0 Å². The molecule has 0 unspecified atom stereocenters. The number of esters is 1. The number of rotatable bonds is 6. The molecule has 0 bridgehead atoms. The lowest BCUT2D eigenvalue weighted by atomic mass is 10.1. The smallest absolute Gasteiger partial charge is 0.311 e. The second-order valence-electron chi connectivity index (χ2n) is 7.50. The summed E-state index contributed by atoms with van der Waals surface area (Å²) in [6.07, 6.45) is 0.0362. The molecular formula is C23H26N2O5. The Labute approximate surface area is 176 Å². The first-order chi connectivity index (χ1) is 14.3. The van der Waals surface area contributed by atoms with Gasteiger partial charge >= 0.3 is 5.97 Å². The van der Waals surface area contributed by atoms with Gasteiger partial charge < -0.3 is 19.7 Å². The highest BCUT2D eigenvalue weighted by Gasteiger charge is 2.37. The summed E-state index contributed by atoms with van der Waals surface area (Å²) < 4.78 is 10.5. The van der Waals surface area contributed by atoms with Crippen molar-refractivity contribution in [1.82, 2.24) is 0 Å². The zero-order valence-electron chi connectivity index (χ0n) is 17.7. The van der Waals surface area contributed by atoms with Crippen LogP contribution in [0.1, 0.15) is 23.1 Å². The van der Waals surface area contributed by atoms with E-state index in [9.17, 15) is 14.4 Å². The fraction of sp³-hybridized carbons (Fsp3) is 0.348. The molecule has 1 fully saturated rings. The van der Waals surface area contributed by atoms with Crippen LogP contribution in [0.2, 0.25) is 0 Å². The highest BCUT2D eigenvalue weighted by atomic mass is 16.5. The maximum atomic E-state index is 12.5. The van der Waals surface area contributed by atoms with Crippen molar-refractivity contribution < 1.29 is 23.9 Å². The Morgan fingerprint density at radius 2 is 1.83 bits per heavy atom. The van der Waals surface area contributed by atoms with E-state index in [-0.39, 0.29) is 18.9 Å². The number of nitrogens with zero attached hydrogens (tertiary/aromatic N) is 1. The number of amides is 2. The van der Waals surface area contributed by atoms with E-state index in [1.54, 1.807) is 6.07 Å². The Morgan fingerprint density at radius 1 is 1.13 bits per heavy atom. The Bertz CT molecular complexity index is 965. The van der Waals surface area contributed by atoms with Gasteiger partial charge in [-0.25, -0.2) is 0 Å². The summed E-state index contributed by atoms with van der Waals surface area (Å²) in [5.74, 6) is -1.22.